The summed E-state index contributed by atoms with van der Waals surface area (Å²) in [5.74, 6) is 0.461. The van der Waals surface area contributed by atoms with Gasteiger partial charge in [-0.15, -0.1) is 0 Å². The number of amides is 1. The van der Waals surface area contributed by atoms with Gasteiger partial charge in [0.2, 0.25) is 0 Å². The van der Waals surface area contributed by atoms with Crippen LogP contribution in [-0.2, 0) is 22.5 Å². The second-order valence-electron chi connectivity index (χ2n) is 6.64. The smallest absolute Gasteiger partial charge is 0.326 e. The Morgan fingerprint density at radius 3 is 2.75 bits per heavy atom. The van der Waals surface area contributed by atoms with Gasteiger partial charge in [0.15, 0.2) is 0 Å². The van der Waals surface area contributed by atoms with Gasteiger partial charge in [-0.05, 0) is 44.5 Å². The number of aryl methyl sites for hydroxylation is 2. The average Bonchev–Trinajstić information content (AvgIpc) is 3.03. The van der Waals surface area contributed by atoms with Crippen LogP contribution >= 0.6 is 0 Å². The fraction of sp³-hybridized carbons (Fsp3) is 0.318. The molecule has 0 radical (unpaired) electrons. The number of fused-ring (bicyclic) bond motifs is 1. The molecule has 0 fully saturated rings. The minimum Gasteiger partial charge on any atom is -0.465 e. The van der Waals surface area contributed by atoms with E-state index in [0.717, 1.165) is 28.8 Å². The summed E-state index contributed by atoms with van der Waals surface area (Å²) in [5.41, 5.74) is 3.48. The summed E-state index contributed by atoms with van der Waals surface area (Å²) in [5, 5.41) is 2.94. The maximum absolute atomic E-state index is 12.2. The number of hydrogen-bond acceptors (Lipinski definition) is 4. The van der Waals surface area contributed by atoms with Gasteiger partial charge in [-0.3, -0.25) is 9.59 Å². The van der Waals surface area contributed by atoms with Crippen molar-refractivity contribution in [1.82, 2.24) is 14.9 Å². The molecule has 1 heterocycles. The van der Waals surface area contributed by atoms with Crippen LogP contribution in [0.4, 0.5) is 0 Å². The highest BCUT2D eigenvalue weighted by atomic mass is 16.5. The third kappa shape index (κ3) is 4.76. The largest absolute Gasteiger partial charge is 0.465 e. The van der Waals surface area contributed by atoms with Gasteiger partial charge in [0.1, 0.15) is 12.4 Å². The third-order valence-corrected chi connectivity index (χ3v) is 4.47. The molecule has 0 bridgehead atoms. The second kappa shape index (κ2) is 9.17. The van der Waals surface area contributed by atoms with Gasteiger partial charge in [-0.2, -0.15) is 0 Å². The van der Waals surface area contributed by atoms with Crippen LogP contribution < -0.4 is 5.32 Å². The molecule has 0 aliphatic rings. The van der Waals surface area contributed by atoms with Gasteiger partial charge in [-0.1, -0.05) is 29.8 Å². The highest BCUT2D eigenvalue weighted by Crippen LogP contribution is 2.17. The first-order valence-electron chi connectivity index (χ1n) is 9.53. The van der Waals surface area contributed by atoms with E-state index < -0.39 is 0 Å². The molecule has 1 amide bonds. The SMILES string of the molecule is CCOC(=O)Cn1c(CCCNC(=O)c2cccc(C)c2)nc2ccccc21. The lowest BCUT2D eigenvalue weighted by Crippen LogP contribution is -2.25. The Morgan fingerprint density at radius 2 is 1.96 bits per heavy atom. The molecule has 0 unspecified atom stereocenters. The van der Waals surface area contributed by atoms with Gasteiger partial charge in [0.25, 0.3) is 5.91 Å². The molecule has 0 saturated carbocycles. The molecule has 0 aliphatic carbocycles. The molecule has 28 heavy (non-hydrogen) atoms. The van der Waals surface area contributed by atoms with E-state index in [1.165, 1.54) is 0 Å². The lowest BCUT2D eigenvalue weighted by molar-refractivity contribution is -0.143. The normalized spacial score (nSPS) is 10.8. The number of imidazole rings is 1. The predicted octanol–water partition coefficient (Wildman–Crippen LogP) is 3.27. The number of carbonyl (C=O) groups excluding carboxylic acids is 2. The highest BCUT2D eigenvalue weighted by molar-refractivity contribution is 5.94. The summed E-state index contributed by atoms with van der Waals surface area (Å²) in [4.78, 5) is 28.9. The minimum atomic E-state index is -0.278. The number of rotatable bonds is 8. The number of nitrogens with one attached hydrogen (secondary N) is 1. The number of carbonyl (C=O) groups is 2. The summed E-state index contributed by atoms with van der Waals surface area (Å²) in [6, 6.07) is 15.2. The minimum absolute atomic E-state index is 0.0799. The standard InChI is InChI=1S/C22H25N3O3/c1-3-28-21(26)15-25-19-11-5-4-10-18(19)24-20(25)12-7-13-23-22(27)17-9-6-8-16(2)14-17/h4-6,8-11,14H,3,7,12-13,15H2,1-2H3,(H,23,27). The molecule has 6 heteroatoms. The number of ether oxygens (including phenoxy) is 1. The molecule has 0 atom stereocenters. The molecule has 0 saturated heterocycles. The molecule has 146 valence electrons. The summed E-state index contributed by atoms with van der Waals surface area (Å²) >= 11 is 0. The van der Waals surface area contributed by atoms with Crippen molar-refractivity contribution in [2.75, 3.05) is 13.2 Å². The van der Waals surface area contributed by atoms with E-state index in [0.29, 0.717) is 25.1 Å². The monoisotopic (exact) mass is 379 g/mol. The Hall–Kier alpha value is -3.15. The van der Waals surface area contributed by atoms with Gasteiger partial charge in [-0.25, -0.2) is 4.98 Å². The average molecular weight is 379 g/mol. The van der Waals surface area contributed by atoms with Gasteiger partial charge in [0, 0.05) is 18.5 Å². The number of aromatic nitrogens is 2. The van der Waals surface area contributed by atoms with E-state index in [-0.39, 0.29) is 18.4 Å². The quantitative estimate of drug-likeness (QED) is 0.482. The molecule has 0 aliphatic heterocycles. The number of nitrogens with zero attached hydrogens (tertiary/aromatic N) is 2. The fourth-order valence-corrected chi connectivity index (χ4v) is 3.17. The second-order valence-corrected chi connectivity index (χ2v) is 6.64. The third-order valence-electron chi connectivity index (χ3n) is 4.47. The zero-order chi connectivity index (χ0) is 19.9. The number of benzene rings is 2. The Morgan fingerprint density at radius 1 is 1.14 bits per heavy atom. The topological polar surface area (TPSA) is 73.2 Å². The number of para-hydroxylation sites is 2. The van der Waals surface area contributed by atoms with Crippen molar-refractivity contribution in [1.29, 1.82) is 0 Å². The van der Waals surface area contributed by atoms with Crippen LogP contribution in [0.1, 0.15) is 35.1 Å². The van der Waals surface area contributed by atoms with Crippen LogP contribution in [0.25, 0.3) is 11.0 Å². The zero-order valence-corrected chi connectivity index (χ0v) is 16.3. The van der Waals surface area contributed by atoms with Crippen molar-refractivity contribution in [3.63, 3.8) is 0 Å². The molecular weight excluding hydrogens is 354 g/mol. The van der Waals surface area contributed by atoms with E-state index in [4.69, 9.17) is 4.74 Å². The molecular formula is C22H25N3O3. The van der Waals surface area contributed by atoms with E-state index in [2.05, 4.69) is 10.3 Å². The molecule has 3 aromatic rings. The van der Waals surface area contributed by atoms with E-state index in [1.807, 2.05) is 54.0 Å². The molecule has 1 aromatic heterocycles. The number of esters is 1. The highest BCUT2D eigenvalue weighted by Gasteiger charge is 2.14. The van der Waals surface area contributed by atoms with Crippen LogP contribution in [0, 0.1) is 6.92 Å². The van der Waals surface area contributed by atoms with Crippen LogP contribution in [0.2, 0.25) is 0 Å². The van der Waals surface area contributed by atoms with Crippen molar-refractivity contribution in [2.24, 2.45) is 0 Å². The first-order valence-corrected chi connectivity index (χ1v) is 9.53. The maximum Gasteiger partial charge on any atom is 0.326 e. The van der Waals surface area contributed by atoms with Gasteiger partial charge < -0.3 is 14.6 Å². The summed E-state index contributed by atoms with van der Waals surface area (Å²) in [6.45, 7) is 4.78. The van der Waals surface area contributed by atoms with Crippen LogP contribution in [0.5, 0.6) is 0 Å². The van der Waals surface area contributed by atoms with Crippen molar-refractivity contribution in [2.45, 2.75) is 33.2 Å². The van der Waals surface area contributed by atoms with E-state index in [9.17, 15) is 9.59 Å². The van der Waals surface area contributed by atoms with Crippen molar-refractivity contribution < 1.29 is 14.3 Å². The van der Waals surface area contributed by atoms with Crippen LogP contribution in [-0.4, -0.2) is 34.6 Å². The summed E-state index contributed by atoms with van der Waals surface area (Å²) in [7, 11) is 0. The molecule has 1 N–H and O–H groups in total. The molecule has 6 nitrogen and oxygen atoms in total. The molecule has 2 aromatic carbocycles. The van der Waals surface area contributed by atoms with E-state index >= 15 is 0 Å². The van der Waals surface area contributed by atoms with Crippen molar-refractivity contribution in [3.8, 4) is 0 Å². The Labute approximate surface area is 164 Å². The molecule has 3 rings (SSSR count). The predicted molar refractivity (Wildman–Crippen MR) is 108 cm³/mol. The Bertz CT molecular complexity index is 978. The first-order chi connectivity index (χ1) is 13.6. The fourth-order valence-electron chi connectivity index (χ4n) is 3.17. The molecule has 0 spiro atoms. The van der Waals surface area contributed by atoms with Gasteiger partial charge in [0.05, 0.1) is 17.6 Å². The lowest BCUT2D eigenvalue weighted by Gasteiger charge is -2.09. The van der Waals surface area contributed by atoms with Crippen molar-refractivity contribution >= 4 is 22.9 Å². The van der Waals surface area contributed by atoms with Crippen molar-refractivity contribution in [3.05, 3.63) is 65.5 Å². The van der Waals surface area contributed by atoms with E-state index in [1.54, 1.807) is 13.0 Å². The zero-order valence-electron chi connectivity index (χ0n) is 16.3. The maximum atomic E-state index is 12.2. The lowest BCUT2D eigenvalue weighted by atomic mass is 10.1. The first kappa shape index (κ1) is 19.6. The summed E-state index contributed by atoms with van der Waals surface area (Å²) < 4.78 is 6.99. The van der Waals surface area contributed by atoms with Crippen LogP contribution in [0.15, 0.2) is 48.5 Å². The van der Waals surface area contributed by atoms with Gasteiger partial charge >= 0.3 is 5.97 Å². The Kier molecular flexibility index (Phi) is 6.42. The summed E-state index contributed by atoms with van der Waals surface area (Å²) in [6.07, 6.45) is 1.38. The van der Waals surface area contributed by atoms with Crippen LogP contribution in [0.3, 0.4) is 0 Å². The Balaban J connectivity index is 1.63. The number of hydrogen-bond donors (Lipinski definition) is 1.